The second-order valence-corrected chi connectivity index (χ2v) is 8.03. The van der Waals surface area contributed by atoms with Crippen LogP contribution in [0.2, 0.25) is 0 Å². The topological polar surface area (TPSA) is 66.7 Å². The molecule has 2 unspecified atom stereocenters. The Hall–Kier alpha value is -1.60. The maximum atomic E-state index is 5.86. The molecule has 0 aliphatic carbocycles. The van der Waals surface area contributed by atoms with Crippen LogP contribution in [0.4, 0.5) is 0 Å². The van der Waals surface area contributed by atoms with Crippen LogP contribution in [0.15, 0.2) is 4.99 Å². The number of aliphatic imine (C=N–C) groups is 1. The highest BCUT2D eigenvalue weighted by Gasteiger charge is 2.33. The highest BCUT2D eigenvalue weighted by molar-refractivity contribution is 5.79. The van der Waals surface area contributed by atoms with E-state index < -0.39 is 0 Å². The Morgan fingerprint density at radius 3 is 2.35 bits per heavy atom. The largest absolute Gasteiger partial charge is 0.373 e. The van der Waals surface area contributed by atoms with Crippen LogP contribution in [0.1, 0.15) is 44.6 Å². The number of aryl methyl sites for hydroxylation is 2. The smallest absolute Gasteiger partial charge is 0.191 e. The summed E-state index contributed by atoms with van der Waals surface area (Å²) in [5.74, 6) is 0.815. The normalized spacial score (nSPS) is 22.5. The predicted octanol–water partition coefficient (Wildman–Crippen LogP) is 1.59. The molecular formula is C19H36N6O. The molecule has 7 heteroatoms. The molecule has 1 aliphatic heterocycles. The number of aromatic nitrogens is 2. The molecule has 2 rings (SSSR count). The Balaban J connectivity index is 1.91. The summed E-state index contributed by atoms with van der Waals surface area (Å²) in [5.41, 5.74) is 3.49. The fourth-order valence-corrected chi connectivity index (χ4v) is 3.55. The van der Waals surface area contributed by atoms with E-state index in [1.54, 1.807) is 0 Å². The van der Waals surface area contributed by atoms with E-state index in [-0.39, 0.29) is 17.7 Å². The summed E-state index contributed by atoms with van der Waals surface area (Å²) in [5, 5.41) is 11.4. The maximum Gasteiger partial charge on any atom is 0.191 e. The first kappa shape index (κ1) is 20.7. The van der Waals surface area contributed by atoms with Gasteiger partial charge in [-0.15, -0.1) is 0 Å². The summed E-state index contributed by atoms with van der Waals surface area (Å²) >= 11 is 0. The van der Waals surface area contributed by atoms with E-state index in [4.69, 9.17) is 4.74 Å². The second-order valence-electron chi connectivity index (χ2n) is 8.03. The van der Waals surface area contributed by atoms with E-state index in [1.165, 1.54) is 11.3 Å². The van der Waals surface area contributed by atoms with Crippen LogP contribution in [0.5, 0.6) is 0 Å². The lowest BCUT2D eigenvalue weighted by Gasteiger charge is -2.45. The molecule has 2 atom stereocenters. The van der Waals surface area contributed by atoms with Gasteiger partial charge in [0.2, 0.25) is 0 Å². The molecular weight excluding hydrogens is 328 g/mol. The average molecular weight is 365 g/mol. The highest BCUT2D eigenvalue weighted by Crippen LogP contribution is 2.20. The van der Waals surface area contributed by atoms with Gasteiger partial charge in [-0.25, -0.2) is 0 Å². The molecule has 0 spiro atoms. The van der Waals surface area contributed by atoms with Gasteiger partial charge in [0.25, 0.3) is 0 Å². The maximum absolute atomic E-state index is 5.86. The minimum Gasteiger partial charge on any atom is -0.373 e. The third-order valence-electron chi connectivity index (χ3n) is 5.28. The zero-order chi connectivity index (χ0) is 19.5. The lowest BCUT2D eigenvalue weighted by atomic mass is 10.00. The molecule has 0 radical (unpaired) electrons. The van der Waals surface area contributed by atoms with E-state index in [2.05, 4.69) is 60.2 Å². The zero-order valence-corrected chi connectivity index (χ0v) is 17.7. The van der Waals surface area contributed by atoms with Crippen LogP contribution >= 0.6 is 0 Å². The highest BCUT2D eigenvalue weighted by atomic mass is 16.5. The molecule has 0 amide bonds. The van der Waals surface area contributed by atoms with E-state index in [9.17, 15) is 0 Å². The number of hydrogen-bond acceptors (Lipinski definition) is 4. The van der Waals surface area contributed by atoms with Crippen LogP contribution in [-0.2, 0) is 18.3 Å². The van der Waals surface area contributed by atoms with Crippen molar-refractivity contribution in [2.45, 2.75) is 65.8 Å². The molecule has 1 aliphatic rings. The van der Waals surface area contributed by atoms with Crippen LogP contribution in [-0.4, -0.2) is 65.1 Å². The van der Waals surface area contributed by atoms with E-state index in [0.29, 0.717) is 0 Å². The van der Waals surface area contributed by atoms with Crippen molar-refractivity contribution in [2.24, 2.45) is 12.0 Å². The fourth-order valence-electron chi connectivity index (χ4n) is 3.55. The number of hydrogen-bond donors (Lipinski definition) is 2. The van der Waals surface area contributed by atoms with E-state index in [1.807, 2.05) is 25.7 Å². The fraction of sp³-hybridized carbons (Fsp3) is 0.789. The Morgan fingerprint density at radius 2 is 1.85 bits per heavy atom. The van der Waals surface area contributed by atoms with Gasteiger partial charge < -0.3 is 15.4 Å². The third-order valence-corrected chi connectivity index (χ3v) is 5.28. The molecule has 1 fully saturated rings. The van der Waals surface area contributed by atoms with Crippen LogP contribution < -0.4 is 10.6 Å². The Morgan fingerprint density at radius 1 is 1.23 bits per heavy atom. The summed E-state index contributed by atoms with van der Waals surface area (Å²) in [7, 11) is 3.79. The van der Waals surface area contributed by atoms with Crippen molar-refractivity contribution in [3.63, 3.8) is 0 Å². The summed E-state index contributed by atoms with van der Waals surface area (Å²) in [6.07, 6.45) is 0.541. The van der Waals surface area contributed by atoms with Gasteiger partial charge in [0.15, 0.2) is 5.96 Å². The number of nitrogens with one attached hydrogen (secondary N) is 2. The lowest BCUT2D eigenvalue weighted by Crippen LogP contribution is -2.59. The SMILES string of the molecule is CN=C(NCc1c(C)nn(C)c1C)NCC(C)(C)N1CC(C)OC(C)C1. The lowest BCUT2D eigenvalue weighted by molar-refractivity contribution is -0.0946. The van der Waals surface area contributed by atoms with Crippen molar-refractivity contribution in [3.8, 4) is 0 Å². The predicted molar refractivity (Wildman–Crippen MR) is 107 cm³/mol. The molecule has 0 saturated carbocycles. The summed E-state index contributed by atoms with van der Waals surface area (Å²) in [6.45, 7) is 16.4. The monoisotopic (exact) mass is 364 g/mol. The molecule has 148 valence electrons. The van der Waals surface area contributed by atoms with Gasteiger partial charge in [-0.2, -0.15) is 5.10 Å². The van der Waals surface area contributed by atoms with Gasteiger partial charge in [-0.3, -0.25) is 14.6 Å². The summed E-state index contributed by atoms with van der Waals surface area (Å²) in [6, 6.07) is 0. The minimum absolute atomic E-state index is 0.0179. The third kappa shape index (κ3) is 4.98. The molecule has 7 nitrogen and oxygen atoms in total. The summed E-state index contributed by atoms with van der Waals surface area (Å²) < 4.78 is 7.79. The van der Waals surface area contributed by atoms with Crippen molar-refractivity contribution in [1.82, 2.24) is 25.3 Å². The Labute approximate surface area is 158 Å². The van der Waals surface area contributed by atoms with Crippen molar-refractivity contribution < 1.29 is 4.74 Å². The van der Waals surface area contributed by atoms with Crippen molar-refractivity contribution in [2.75, 3.05) is 26.7 Å². The van der Waals surface area contributed by atoms with Crippen LogP contribution in [0.3, 0.4) is 0 Å². The molecule has 0 bridgehead atoms. The Kier molecular flexibility index (Phi) is 6.69. The first-order valence-electron chi connectivity index (χ1n) is 9.48. The molecule has 1 aromatic rings. The van der Waals surface area contributed by atoms with Crippen molar-refractivity contribution in [3.05, 3.63) is 17.0 Å². The standard InChI is InChI=1S/C19H36N6O/c1-13-10-25(11-14(2)26-13)19(5,6)12-22-18(20-7)21-9-17-15(3)23-24(8)16(17)4/h13-14H,9-12H2,1-8H3,(H2,20,21,22). The van der Waals surface area contributed by atoms with Crippen molar-refractivity contribution in [1.29, 1.82) is 0 Å². The average Bonchev–Trinajstić information content (AvgIpc) is 2.79. The first-order valence-corrected chi connectivity index (χ1v) is 9.48. The molecule has 1 aromatic heterocycles. The van der Waals surface area contributed by atoms with Crippen LogP contribution in [0, 0.1) is 13.8 Å². The second kappa shape index (κ2) is 8.39. The summed E-state index contributed by atoms with van der Waals surface area (Å²) in [4.78, 5) is 6.87. The quantitative estimate of drug-likeness (QED) is 0.613. The number of morpholine rings is 1. The Bertz CT molecular complexity index is 626. The molecule has 0 aromatic carbocycles. The molecule has 26 heavy (non-hydrogen) atoms. The van der Waals surface area contributed by atoms with Gasteiger partial charge in [-0.1, -0.05) is 0 Å². The number of rotatable bonds is 5. The molecule has 2 heterocycles. The van der Waals surface area contributed by atoms with E-state index in [0.717, 1.165) is 37.8 Å². The van der Waals surface area contributed by atoms with Gasteiger partial charge in [0.1, 0.15) is 0 Å². The molecule has 1 saturated heterocycles. The van der Waals surface area contributed by atoms with Crippen LogP contribution in [0.25, 0.3) is 0 Å². The van der Waals surface area contributed by atoms with Gasteiger partial charge in [0.05, 0.1) is 17.9 Å². The minimum atomic E-state index is 0.0179. The van der Waals surface area contributed by atoms with Gasteiger partial charge in [-0.05, 0) is 41.5 Å². The van der Waals surface area contributed by atoms with Gasteiger partial charge >= 0.3 is 0 Å². The van der Waals surface area contributed by atoms with Crippen molar-refractivity contribution >= 4 is 5.96 Å². The number of guanidine groups is 1. The number of ether oxygens (including phenoxy) is 1. The number of nitrogens with zero attached hydrogens (tertiary/aromatic N) is 4. The molecule has 2 N–H and O–H groups in total. The van der Waals surface area contributed by atoms with E-state index >= 15 is 0 Å². The van der Waals surface area contributed by atoms with Gasteiger partial charge in [0, 0.05) is 57.1 Å². The zero-order valence-electron chi connectivity index (χ0n) is 17.7. The first-order chi connectivity index (χ1) is 12.1.